The second-order valence-corrected chi connectivity index (χ2v) is 5.14. The number of likely N-dealkylation sites (tertiary alicyclic amines) is 1. The molecule has 0 aliphatic carbocycles. The van der Waals surface area contributed by atoms with Gasteiger partial charge in [-0.15, -0.1) is 0 Å². The summed E-state index contributed by atoms with van der Waals surface area (Å²) in [7, 11) is 0. The summed E-state index contributed by atoms with van der Waals surface area (Å²) < 4.78 is 0. The zero-order chi connectivity index (χ0) is 13.1. The summed E-state index contributed by atoms with van der Waals surface area (Å²) in [4.78, 5) is 2.38. The number of H-pyrrole nitrogens is 1. The van der Waals surface area contributed by atoms with Crippen LogP contribution in [0.3, 0.4) is 0 Å². The zero-order valence-electron chi connectivity index (χ0n) is 10.9. The van der Waals surface area contributed by atoms with E-state index in [0.717, 1.165) is 38.2 Å². The van der Waals surface area contributed by atoms with Gasteiger partial charge >= 0.3 is 0 Å². The molecule has 1 aromatic heterocycles. The van der Waals surface area contributed by atoms with Crippen LogP contribution in [0.15, 0.2) is 36.5 Å². The molecule has 4 nitrogen and oxygen atoms in total. The third kappa shape index (κ3) is 2.85. The molecule has 0 bridgehead atoms. The van der Waals surface area contributed by atoms with E-state index in [1.165, 1.54) is 11.1 Å². The van der Waals surface area contributed by atoms with Gasteiger partial charge in [-0.25, -0.2) is 0 Å². The van der Waals surface area contributed by atoms with Crippen molar-refractivity contribution in [3.05, 3.63) is 42.1 Å². The van der Waals surface area contributed by atoms with Crippen LogP contribution in [0.4, 0.5) is 0 Å². The van der Waals surface area contributed by atoms with Crippen molar-refractivity contribution >= 4 is 0 Å². The Bertz CT molecular complexity index is 515. The van der Waals surface area contributed by atoms with Gasteiger partial charge in [-0.2, -0.15) is 5.10 Å². The van der Waals surface area contributed by atoms with E-state index in [0.29, 0.717) is 0 Å². The molecule has 2 heterocycles. The first-order valence-corrected chi connectivity index (χ1v) is 6.81. The predicted molar refractivity (Wildman–Crippen MR) is 74.5 cm³/mol. The number of hydrogen-bond acceptors (Lipinski definition) is 3. The van der Waals surface area contributed by atoms with Crippen LogP contribution < -0.4 is 0 Å². The number of aromatic amines is 1. The third-order valence-corrected chi connectivity index (χ3v) is 3.73. The summed E-state index contributed by atoms with van der Waals surface area (Å²) in [5, 5.41) is 16.8. The van der Waals surface area contributed by atoms with E-state index in [2.05, 4.69) is 27.2 Å². The van der Waals surface area contributed by atoms with Crippen molar-refractivity contribution in [2.75, 3.05) is 13.1 Å². The van der Waals surface area contributed by atoms with Gasteiger partial charge in [0, 0.05) is 25.2 Å². The molecule has 0 saturated carbocycles. The van der Waals surface area contributed by atoms with Crippen molar-refractivity contribution in [1.29, 1.82) is 0 Å². The van der Waals surface area contributed by atoms with Gasteiger partial charge in [0.05, 0.1) is 18.0 Å². The topological polar surface area (TPSA) is 52.1 Å². The lowest BCUT2D eigenvalue weighted by atomic mass is 10.1. The highest BCUT2D eigenvalue weighted by atomic mass is 16.3. The second kappa shape index (κ2) is 5.55. The highest BCUT2D eigenvalue weighted by Crippen LogP contribution is 2.23. The number of benzene rings is 1. The van der Waals surface area contributed by atoms with Crippen molar-refractivity contribution < 1.29 is 5.11 Å². The number of rotatable bonds is 3. The normalized spacial score (nSPS) is 17.7. The molecule has 0 spiro atoms. The lowest BCUT2D eigenvalue weighted by Gasteiger charge is -2.29. The smallest absolute Gasteiger partial charge is 0.0695 e. The molecule has 1 aromatic carbocycles. The molecule has 0 atom stereocenters. The standard InChI is InChI=1S/C15H19N3O/c19-14-6-8-18(9-7-14)11-13-10-16-17-15(13)12-4-2-1-3-5-12/h1-5,10,14,19H,6-9,11H2,(H,16,17). The fourth-order valence-corrected chi connectivity index (χ4v) is 2.60. The molecule has 3 rings (SSSR count). The van der Waals surface area contributed by atoms with Crippen LogP contribution in [0.2, 0.25) is 0 Å². The number of aliphatic hydroxyl groups excluding tert-OH is 1. The summed E-state index contributed by atoms with van der Waals surface area (Å²) in [6.07, 6.45) is 3.54. The molecule has 4 heteroatoms. The van der Waals surface area contributed by atoms with E-state index >= 15 is 0 Å². The first-order chi connectivity index (χ1) is 9.33. The Morgan fingerprint density at radius 2 is 1.95 bits per heavy atom. The van der Waals surface area contributed by atoms with Crippen LogP contribution in [-0.2, 0) is 6.54 Å². The average molecular weight is 257 g/mol. The van der Waals surface area contributed by atoms with Crippen molar-refractivity contribution in [1.82, 2.24) is 15.1 Å². The SMILES string of the molecule is OC1CCN(Cc2cn[nH]c2-c2ccccc2)CC1. The molecule has 1 aliphatic rings. The van der Waals surface area contributed by atoms with E-state index in [-0.39, 0.29) is 6.10 Å². The summed E-state index contributed by atoms with van der Waals surface area (Å²) in [6.45, 7) is 2.81. The van der Waals surface area contributed by atoms with E-state index in [9.17, 15) is 5.11 Å². The van der Waals surface area contributed by atoms with Gasteiger partial charge in [0.2, 0.25) is 0 Å². The molecule has 0 radical (unpaired) electrons. The van der Waals surface area contributed by atoms with Gasteiger partial charge in [-0.05, 0) is 18.4 Å². The molecule has 1 fully saturated rings. The van der Waals surface area contributed by atoms with Crippen LogP contribution in [0.1, 0.15) is 18.4 Å². The molecular weight excluding hydrogens is 238 g/mol. The van der Waals surface area contributed by atoms with Gasteiger partial charge in [0.25, 0.3) is 0 Å². The number of aromatic nitrogens is 2. The van der Waals surface area contributed by atoms with E-state index in [1.54, 1.807) is 0 Å². The molecule has 1 aliphatic heterocycles. The lowest BCUT2D eigenvalue weighted by Crippen LogP contribution is -2.35. The maximum absolute atomic E-state index is 9.54. The average Bonchev–Trinajstić information content (AvgIpc) is 2.90. The lowest BCUT2D eigenvalue weighted by molar-refractivity contribution is 0.0793. The molecule has 19 heavy (non-hydrogen) atoms. The largest absolute Gasteiger partial charge is 0.393 e. The number of piperidine rings is 1. The molecular formula is C15H19N3O. The highest BCUT2D eigenvalue weighted by molar-refractivity contribution is 5.62. The summed E-state index contributed by atoms with van der Waals surface area (Å²) >= 11 is 0. The van der Waals surface area contributed by atoms with Crippen molar-refractivity contribution in [3.8, 4) is 11.3 Å². The number of aliphatic hydroxyl groups is 1. The van der Waals surface area contributed by atoms with Crippen LogP contribution in [0.5, 0.6) is 0 Å². The predicted octanol–water partition coefficient (Wildman–Crippen LogP) is 2.03. The Labute approximate surface area is 113 Å². The van der Waals surface area contributed by atoms with Crippen LogP contribution in [0.25, 0.3) is 11.3 Å². The Hall–Kier alpha value is -1.65. The molecule has 2 N–H and O–H groups in total. The Morgan fingerprint density at radius 1 is 1.21 bits per heavy atom. The van der Waals surface area contributed by atoms with Crippen molar-refractivity contribution in [2.24, 2.45) is 0 Å². The summed E-state index contributed by atoms with van der Waals surface area (Å²) in [5.74, 6) is 0. The highest BCUT2D eigenvalue weighted by Gasteiger charge is 2.18. The van der Waals surface area contributed by atoms with Gasteiger partial charge in [0.1, 0.15) is 0 Å². The van der Waals surface area contributed by atoms with Crippen LogP contribution in [-0.4, -0.2) is 39.4 Å². The number of nitrogens with zero attached hydrogens (tertiary/aromatic N) is 2. The monoisotopic (exact) mass is 257 g/mol. The van der Waals surface area contributed by atoms with Gasteiger partial charge < -0.3 is 5.11 Å². The minimum Gasteiger partial charge on any atom is -0.393 e. The molecule has 0 amide bonds. The summed E-state index contributed by atoms with van der Waals surface area (Å²) in [5.41, 5.74) is 3.50. The maximum Gasteiger partial charge on any atom is 0.0695 e. The van der Waals surface area contributed by atoms with E-state index in [1.807, 2.05) is 24.4 Å². The second-order valence-electron chi connectivity index (χ2n) is 5.14. The molecule has 2 aromatic rings. The quantitative estimate of drug-likeness (QED) is 0.884. The number of hydrogen-bond donors (Lipinski definition) is 2. The molecule has 1 saturated heterocycles. The van der Waals surface area contributed by atoms with E-state index in [4.69, 9.17) is 0 Å². The Kier molecular flexibility index (Phi) is 3.62. The Morgan fingerprint density at radius 3 is 2.68 bits per heavy atom. The van der Waals surface area contributed by atoms with Crippen LogP contribution in [0, 0.1) is 0 Å². The van der Waals surface area contributed by atoms with Gasteiger partial charge in [-0.3, -0.25) is 10.00 Å². The third-order valence-electron chi connectivity index (χ3n) is 3.73. The Balaban J connectivity index is 1.74. The molecule has 0 unspecified atom stereocenters. The molecule has 100 valence electrons. The van der Waals surface area contributed by atoms with Crippen molar-refractivity contribution in [2.45, 2.75) is 25.5 Å². The first-order valence-electron chi connectivity index (χ1n) is 6.81. The minimum absolute atomic E-state index is 0.116. The minimum atomic E-state index is -0.116. The fraction of sp³-hybridized carbons (Fsp3) is 0.400. The van der Waals surface area contributed by atoms with Crippen LogP contribution >= 0.6 is 0 Å². The summed E-state index contributed by atoms with van der Waals surface area (Å²) in [6, 6.07) is 10.3. The number of nitrogens with one attached hydrogen (secondary N) is 1. The van der Waals surface area contributed by atoms with Crippen molar-refractivity contribution in [3.63, 3.8) is 0 Å². The zero-order valence-corrected chi connectivity index (χ0v) is 10.9. The van der Waals surface area contributed by atoms with Gasteiger partial charge in [-0.1, -0.05) is 30.3 Å². The fourth-order valence-electron chi connectivity index (χ4n) is 2.60. The first kappa shape index (κ1) is 12.4. The van der Waals surface area contributed by atoms with Gasteiger partial charge in [0.15, 0.2) is 0 Å². The maximum atomic E-state index is 9.54. The van der Waals surface area contributed by atoms with E-state index < -0.39 is 0 Å².